The van der Waals surface area contributed by atoms with Gasteiger partial charge in [-0.15, -0.1) is 0 Å². The third-order valence-corrected chi connectivity index (χ3v) is 5.88. The van der Waals surface area contributed by atoms with Gasteiger partial charge in [-0.05, 0) is 48.4 Å². The standard InChI is InChI=1S/C29H33NO9/c1-33-22-11-19(12-23(15-22)34-2)28(31)30-21(9-18-7-8-26(37-5)27(10-18)38-6)17-39-29(32)20-13-24(35-3)16-25(14-20)36-4/h7-8,10-16,21H,9,17H2,1-6H3,(H,30,31). The van der Waals surface area contributed by atoms with Crippen LogP contribution in [0.5, 0.6) is 34.5 Å². The molecular weight excluding hydrogens is 506 g/mol. The van der Waals surface area contributed by atoms with Gasteiger partial charge in [-0.2, -0.15) is 0 Å². The van der Waals surface area contributed by atoms with Crippen LogP contribution in [0.3, 0.4) is 0 Å². The molecule has 0 aromatic heterocycles. The lowest BCUT2D eigenvalue weighted by Gasteiger charge is -2.20. The molecule has 3 aromatic carbocycles. The Morgan fingerprint density at radius 1 is 0.641 bits per heavy atom. The van der Waals surface area contributed by atoms with Crippen molar-refractivity contribution in [3.05, 3.63) is 71.3 Å². The zero-order chi connectivity index (χ0) is 28.4. The zero-order valence-electron chi connectivity index (χ0n) is 22.9. The van der Waals surface area contributed by atoms with E-state index in [9.17, 15) is 9.59 Å². The van der Waals surface area contributed by atoms with E-state index in [1.807, 2.05) is 6.07 Å². The molecular formula is C29H33NO9. The first kappa shape index (κ1) is 29.0. The van der Waals surface area contributed by atoms with Crippen LogP contribution in [0.4, 0.5) is 0 Å². The van der Waals surface area contributed by atoms with Crippen LogP contribution in [0.2, 0.25) is 0 Å². The molecule has 208 valence electrons. The molecule has 0 radical (unpaired) electrons. The van der Waals surface area contributed by atoms with E-state index >= 15 is 0 Å². The summed E-state index contributed by atoms with van der Waals surface area (Å²) in [6, 6.07) is 14.5. The van der Waals surface area contributed by atoms with Crippen molar-refractivity contribution in [1.82, 2.24) is 5.32 Å². The van der Waals surface area contributed by atoms with Gasteiger partial charge in [0.1, 0.15) is 29.6 Å². The lowest BCUT2D eigenvalue weighted by atomic mass is 10.0. The molecule has 10 heteroatoms. The van der Waals surface area contributed by atoms with Gasteiger partial charge < -0.3 is 38.5 Å². The van der Waals surface area contributed by atoms with Gasteiger partial charge in [-0.25, -0.2) is 4.79 Å². The van der Waals surface area contributed by atoms with Crippen LogP contribution in [0, 0.1) is 0 Å². The average molecular weight is 540 g/mol. The molecule has 1 N–H and O–H groups in total. The molecule has 0 aliphatic carbocycles. The predicted octanol–water partition coefficient (Wildman–Crippen LogP) is 3.94. The van der Waals surface area contributed by atoms with E-state index in [0.29, 0.717) is 46.5 Å². The number of benzene rings is 3. The highest BCUT2D eigenvalue weighted by Crippen LogP contribution is 2.28. The Kier molecular flexibility index (Phi) is 10.3. The van der Waals surface area contributed by atoms with E-state index in [4.69, 9.17) is 33.2 Å². The van der Waals surface area contributed by atoms with E-state index in [-0.39, 0.29) is 12.2 Å². The van der Waals surface area contributed by atoms with Crippen LogP contribution in [0.25, 0.3) is 0 Å². The Balaban J connectivity index is 1.85. The van der Waals surface area contributed by atoms with E-state index in [1.165, 1.54) is 28.4 Å². The average Bonchev–Trinajstić information content (AvgIpc) is 2.98. The maximum atomic E-state index is 13.2. The maximum absolute atomic E-state index is 13.2. The molecule has 1 amide bonds. The number of carbonyl (C=O) groups is 2. The molecule has 1 atom stereocenters. The van der Waals surface area contributed by atoms with Gasteiger partial charge in [0.05, 0.1) is 54.3 Å². The number of hydrogen-bond acceptors (Lipinski definition) is 9. The summed E-state index contributed by atoms with van der Waals surface area (Å²) in [5, 5.41) is 2.95. The number of rotatable bonds is 13. The Hall–Kier alpha value is -4.60. The Morgan fingerprint density at radius 2 is 1.15 bits per heavy atom. The van der Waals surface area contributed by atoms with Gasteiger partial charge in [0.2, 0.25) is 0 Å². The summed E-state index contributed by atoms with van der Waals surface area (Å²) in [4.78, 5) is 26.2. The fourth-order valence-electron chi connectivity index (χ4n) is 3.84. The van der Waals surface area contributed by atoms with Gasteiger partial charge in [-0.3, -0.25) is 4.79 Å². The minimum atomic E-state index is -0.596. The molecule has 3 rings (SSSR count). The minimum Gasteiger partial charge on any atom is -0.497 e. The van der Waals surface area contributed by atoms with Gasteiger partial charge in [0.15, 0.2) is 11.5 Å². The highest BCUT2D eigenvalue weighted by atomic mass is 16.5. The molecule has 0 spiro atoms. The number of nitrogens with one attached hydrogen (secondary N) is 1. The second-order valence-electron chi connectivity index (χ2n) is 8.36. The van der Waals surface area contributed by atoms with Crippen molar-refractivity contribution in [2.24, 2.45) is 0 Å². The summed E-state index contributed by atoms with van der Waals surface area (Å²) in [5.74, 6) is 1.95. The normalized spacial score (nSPS) is 11.1. The zero-order valence-corrected chi connectivity index (χ0v) is 22.9. The minimum absolute atomic E-state index is 0.112. The van der Waals surface area contributed by atoms with Gasteiger partial charge in [-0.1, -0.05) is 6.07 Å². The summed E-state index contributed by atoms with van der Waals surface area (Å²) in [5.41, 5.74) is 1.41. The summed E-state index contributed by atoms with van der Waals surface area (Å²) in [7, 11) is 9.09. The third-order valence-electron chi connectivity index (χ3n) is 5.88. The molecule has 0 heterocycles. The topological polar surface area (TPSA) is 111 Å². The van der Waals surface area contributed by atoms with Crippen molar-refractivity contribution in [3.8, 4) is 34.5 Å². The Morgan fingerprint density at radius 3 is 1.64 bits per heavy atom. The quantitative estimate of drug-likeness (QED) is 0.323. The molecule has 39 heavy (non-hydrogen) atoms. The lowest BCUT2D eigenvalue weighted by Crippen LogP contribution is -2.40. The molecule has 3 aromatic rings. The molecule has 0 saturated carbocycles. The molecule has 10 nitrogen and oxygen atoms in total. The fourth-order valence-corrected chi connectivity index (χ4v) is 3.84. The molecule has 0 bridgehead atoms. The number of amides is 1. The summed E-state index contributed by atoms with van der Waals surface area (Å²) >= 11 is 0. The van der Waals surface area contributed by atoms with Crippen molar-refractivity contribution in [1.29, 1.82) is 0 Å². The van der Waals surface area contributed by atoms with E-state index < -0.39 is 17.9 Å². The second-order valence-corrected chi connectivity index (χ2v) is 8.36. The molecule has 0 saturated heterocycles. The SMILES string of the molecule is COc1cc(OC)cc(C(=O)NC(COC(=O)c2cc(OC)cc(OC)c2)Cc2ccc(OC)c(OC)c2)c1. The monoisotopic (exact) mass is 539 g/mol. The van der Waals surface area contributed by atoms with Gasteiger partial charge in [0.25, 0.3) is 5.91 Å². The Bertz CT molecular complexity index is 1250. The van der Waals surface area contributed by atoms with Crippen LogP contribution in [0.15, 0.2) is 54.6 Å². The van der Waals surface area contributed by atoms with Crippen LogP contribution in [-0.2, 0) is 11.2 Å². The summed E-state index contributed by atoms with van der Waals surface area (Å²) < 4.78 is 37.4. The molecule has 0 fully saturated rings. The first-order chi connectivity index (χ1) is 18.8. The first-order valence-corrected chi connectivity index (χ1v) is 12.0. The van der Waals surface area contributed by atoms with E-state index in [1.54, 1.807) is 62.8 Å². The highest BCUT2D eigenvalue weighted by molar-refractivity contribution is 5.95. The van der Waals surface area contributed by atoms with Crippen molar-refractivity contribution in [2.75, 3.05) is 49.3 Å². The number of ether oxygens (including phenoxy) is 7. The highest BCUT2D eigenvalue weighted by Gasteiger charge is 2.20. The Labute approximate surface area is 227 Å². The number of hydrogen-bond donors (Lipinski definition) is 1. The smallest absolute Gasteiger partial charge is 0.338 e. The van der Waals surface area contributed by atoms with Crippen LogP contribution in [-0.4, -0.2) is 67.2 Å². The lowest BCUT2D eigenvalue weighted by molar-refractivity contribution is 0.0455. The van der Waals surface area contributed by atoms with Crippen molar-refractivity contribution in [3.63, 3.8) is 0 Å². The molecule has 0 aliphatic heterocycles. The largest absolute Gasteiger partial charge is 0.497 e. The van der Waals surface area contributed by atoms with Crippen molar-refractivity contribution >= 4 is 11.9 Å². The molecule has 0 aliphatic rings. The molecule has 1 unspecified atom stereocenters. The first-order valence-electron chi connectivity index (χ1n) is 12.0. The van der Waals surface area contributed by atoms with Crippen LogP contribution in [0.1, 0.15) is 26.3 Å². The van der Waals surface area contributed by atoms with Crippen LogP contribution < -0.4 is 33.7 Å². The van der Waals surface area contributed by atoms with Crippen molar-refractivity contribution < 1.29 is 42.7 Å². The predicted molar refractivity (Wildman–Crippen MR) is 144 cm³/mol. The number of carbonyl (C=O) groups excluding carboxylic acids is 2. The van der Waals surface area contributed by atoms with Crippen molar-refractivity contribution in [2.45, 2.75) is 12.5 Å². The number of methoxy groups -OCH3 is 6. The van der Waals surface area contributed by atoms with Gasteiger partial charge >= 0.3 is 5.97 Å². The van der Waals surface area contributed by atoms with Crippen LogP contribution >= 0.6 is 0 Å². The summed E-state index contributed by atoms with van der Waals surface area (Å²) in [6.07, 6.45) is 0.335. The maximum Gasteiger partial charge on any atom is 0.338 e. The van der Waals surface area contributed by atoms with E-state index in [2.05, 4.69) is 5.32 Å². The second kappa shape index (κ2) is 13.8. The summed E-state index contributed by atoms with van der Waals surface area (Å²) in [6.45, 7) is -0.112. The van der Waals surface area contributed by atoms with E-state index in [0.717, 1.165) is 5.56 Å². The number of esters is 1. The third kappa shape index (κ3) is 7.70. The van der Waals surface area contributed by atoms with Gasteiger partial charge in [0, 0.05) is 17.7 Å². The fraction of sp³-hybridized carbons (Fsp3) is 0.310.